The second-order valence-electron chi connectivity index (χ2n) is 8.78. The number of para-hydroxylation sites is 1. The molecule has 4 heterocycles. The summed E-state index contributed by atoms with van der Waals surface area (Å²) in [6.07, 6.45) is 8.29. The van der Waals surface area contributed by atoms with E-state index in [1.165, 1.54) is 23.8 Å². The fourth-order valence-electron chi connectivity index (χ4n) is 5.67. The number of aromatic amines is 2. The van der Waals surface area contributed by atoms with Crippen LogP contribution in [0.3, 0.4) is 0 Å². The van der Waals surface area contributed by atoms with Crippen LogP contribution >= 0.6 is 0 Å². The van der Waals surface area contributed by atoms with Crippen LogP contribution in [0.1, 0.15) is 49.2 Å². The number of carbonyl (C=O) groups excluding carboxylic acids is 1. The number of piperidine rings is 1. The Morgan fingerprint density at radius 1 is 1.32 bits per heavy atom. The Balaban J connectivity index is 1.45. The molecular formula is C24H31N5O2. The van der Waals surface area contributed by atoms with Crippen molar-refractivity contribution in [3.05, 3.63) is 53.7 Å². The zero-order valence-electron chi connectivity index (χ0n) is 18.2. The predicted molar refractivity (Wildman–Crippen MR) is 120 cm³/mol. The number of hydrogen-bond donors (Lipinski definition) is 3. The number of carbonyl (C=O) groups is 1. The van der Waals surface area contributed by atoms with E-state index in [4.69, 9.17) is 4.74 Å². The summed E-state index contributed by atoms with van der Waals surface area (Å²) in [4.78, 5) is 26.3. The second kappa shape index (κ2) is 8.48. The summed E-state index contributed by atoms with van der Waals surface area (Å²) in [5.74, 6) is -0.120. The second-order valence-corrected chi connectivity index (χ2v) is 8.78. The molecule has 0 bridgehead atoms. The smallest absolute Gasteiger partial charge is 0.323 e. The Morgan fingerprint density at radius 2 is 2.19 bits per heavy atom. The van der Waals surface area contributed by atoms with Gasteiger partial charge < -0.3 is 20.0 Å². The molecule has 2 aliphatic heterocycles. The minimum absolute atomic E-state index is 0.120. The highest BCUT2D eigenvalue weighted by atomic mass is 16.5. The molecule has 0 radical (unpaired) electrons. The lowest BCUT2D eigenvalue weighted by molar-refractivity contribution is -0.151. The first-order valence-electron chi connectivity index (χ1n) is 11.3. The summed E-state index contributed by atoms with van der Waals surface area (Å²) in [5, 5.41) is 5.01. The van der Waals surface area contributed by atoms with Gasteiger partial charge in [0.2, 0.25) is 0 Å². The number of imidazole rings is 1. The number of ether oxygens (including phenoxy) is 1. The summed E-state index contributed by atoms with van der Waals surface area (Å²) >= 11 is 0. The zero-order chi connectivity index (χ0) is 21.4. The molecule has 3 N–H and O–H groups in total. The van der Waals surface area contributed by atoms with Crippen molar-refractivity contribution in [1.82, 2.24) is 25.2 Å². The van der Waals surface area contributed by atoms with Crippen LogP contribution < -0.4 is 5.32 Å². The molecule has 7 nitrogen and oxygen atoms in total. The summed E-state index contributed by atoms with van der Waals surface area (Å²) in [6.45, 7) is 3.14. The van der Waals surface area contributed by atoms with Gasteiger partial charge in [-0.05, 0) is 30.9 Å². The topological polar surface area (TPSA) is 86.0 Å². The van der Waals surface area contributed by atoms with E-state index in [-0.39, 0.29) is 18.1 Å². The van der Waals surface area contributed by atoms with Gasteiger partial charge in [0.05, 0.1) is 19.5 Å². The van der Waals surface area contributed by atoms with Crippen molar-refractivity contribution in [3.63, 3.8) is 0 Å². The Bertz CT molecular complexity index is 1040. The summed E-state index contributed by atoms with van der Waals surface area (Å²) in [6, 6.07) is 9.14. The van der Waals surface area contributed by atoms with Crippen LogP contribution in [0.25, 0.3) is 10.9 Å². The Kier molecular flexibility index (Phi) is 5.54. The van der Waals surface area contributed by atoms with Gasteiger partial charge in [-0.15, -0.1) is 0 Å². The van der Waals surface area contributed by atoms with E-state index in [9.17, 15) is 4.79 Å². The van der Waals surface area contributed by atoms with Crippen LogP contribution in [0, 0.1) is 0 Å². The largest absolute Gasteiger partial charge is 0.468 e. The Hall–Kier alpha value is -2.64. The number of hydrogen-bond acceptors (Lipinski definition) is 5. The van der Waals surface area contributed by atoms with E-state index >= 15 is 0 Å². The van der Waals surface area contributed by atoms with E-state index in [1.807, 2.05) is 6.20 Å². The van der Waals surface area contributed by atoms with Gasteiger partial charge in [-0.2, -0.15) is 0 Å². The fourth-order valence-corrected chi connectivity index (χ4v) is 5.67. The van der Waals surface area contributed by atoms with Gasteiger partial charge in [-0.1, -0.05) is 25.1 Å². The lowest BCUT2D eigenvalue weighted by atomic mass is 9.80. The van der Waals surface area contributed by atoms with Gasteiger partial charge in [-0.3, -0.25) is 9.69 Å². The van der Waals surface area contributed by atoms with Crippen molar-refractivity contribution in [2.75, 3.05) is 13.7 Å². The van der Waals surface area contributed by atoms with E-state index in [0.717, 1.165) is 43.4 Å². The molecule has 1 aromatic carbocycles. The molecule has 7 heteroatoms. The highest BCUT2D eigenvalue weighted by Gasteiger charge is 2.47. The van der Waals surface area contributed by atoms with E-state index < -0.39 is 0 Å². The van der Waals surface area contributed by atoms with Crippen LogP contribution in [0.15, 0.2) is 36.8 Å². The van der Waals surface area contributed by atoms with E-state index in [1.54, 1.807) is 6.33 Å². The van der Waals surface area contributed by atoms with Gasteiger partial charge in [0.15, 0.2) is 0 Å². The molecule has 0 unspecified atom stereocenters. The number of esters is 1. The number of rotatable bonds is 6. The quantitative estimate of drug-likeness (QED) is 0.533. The number of H-pyrrole nitrogens is 2. The van der Waals surface area contributed by atoms with Gasteiger partial charge in [0.25, 0.3) is 0 Å². The van der Waals surface area contributed by atoms with Crippen LogP contribution in [0.5, 0.6) is 0 Å². The lowest BCUT2D eigenvalue weighted by Crippen LogP contribution is -2.58. The third-order valence-electron chi connectivity index (χ3n) is 7.11. The molecular weight excluding hydrogens is 390 g/mol. The average Bonchev–Trinajstić information content (AvgIpc) is 3.45. The molecule has 2 aliphatic rings. The van der Waals surface area contributed by atoms with Crippen molar-refractivity contribution < 1.29 is 9.53 Å². The molecule has 0 aliphatic carbocycles. The van der Waals surface area contributed by atoms with Crippen LogP contribution in [0.2, 0.25) is 0 Å². The minimum Gasteiger partial charge on any atom is -0.468 e. The number of nitrogens with one attached hydrogen (secondary N) is 3. The molecule has 0 amide bonds. The van der Waals surface area contributed by atoms with Gasteiger partial charge in [0.1, 0.15) is 6.04 Å². The first-order valence-corrected chi connectivity index (χ1v) is 11.3. The highest BCUT2D eigenvalue weighted by molar-refractivity contribution is 5.87. The first kappa shape index (κ1) is 20.3. The molecule has 0 saturated carbocycles. The molecule has 3 aromatic rings. The normalized spacial score (nSPS) is 25.9. The summed E-state index contributed by atoms with van der Waals surface area (Å²) in [5.41, 5.74) is 4.86. The lowest BCUT2D eigenvalue weighted by Gasteiger charge is -2.50. The predicted octanol–water partition coefficient (Wildman–Crippen LogP) is 3.11. The number of fused-ring (bicyclic) bond motifs is 5. The maximum atomic E-state index is 12.8. The van der Waals surface area contributed by atoms with Gasteiger partial charge in [-0.25, -0.2) is 4.98 Å². The third kappa shape index (κ3) is 3.66. The maximum Gasteiger partial charge on any atom is 0.323 e. The minimum atomic E-state index is -0.224. The fraction of sp³-hybridized carbons (Fsp3) is 0.500. The Labute approximate surface area is 182 Å². The van der Waals surface area contributed by atoms with E-state index in [0.29, 0.717) is 18.5 Å². The van der Waals surface area contributed by atoms with E-state index in [2.05, 4.69) is 56.4 Å². The van der Waals surface area contributed by atoms with Crippen molar-refractivity contribution in [3.8, 4) is 0 Å². The van der Waals surface area contributed by atoms with Crippen LogP contribution in [-0.2, 0) is 22.4 Å². The monoisotopic (exact) mass is 421 g/mol. The summed E-state index contributed by atoms with van der Waals surface area (Å²) < 4.78 is 5.25. The van der Waals surface area contributed by atoms with Crippen molar-refractivity contribution in [2.24, 2.45) is 0 Å². The van der Waals surface area contributed by atoms with Crippen molar-refractivity contribution >= 4 is 16.9 Å². The van der Waals surface area contributed by atoms with Crippen LogP contribution in [0.4, 0.5) is 0 Å². The molecule has 4 atom stereocenters. The zero-order valence-corrected chi connectivity index (χ0v) is 18.2. The standard InChI is InChI=1S/C24H31N5O2/c1-3-17-10-16(26-9-8-15-13-25-14-27-15)11-21-23-19(12-22(29(17)21)24(30)31-2)18-6-4-5-7-20(18)28-23/h4-7,13-14,16-17,21-22,26,28H,3,8-12H2,1-2H3,(H,25,27)/t16-,17+,21+,22-/m0/s1. The SMILES string of the molecule is CC[C@@H]1C[C@H](NCCc2cnc[nH]2)C[C@@H]2c3[nH]c4ccccc4c3C[C@@H](C(=O)OC)N12. The number of benzene rings is 1. The average molecular weight is 422 g/mol. The molecule has 31 heavy (non-hydrogen) atoms. The molecule has 2 aromatic heterocycles. The van der Waals surface area contributed by atoms with Crippen molar-refractivity contribution in [1.29, 1.82) is 0 Å². The number of aromatic nitrogens is 3. The number of nitrogens with zero attached hydrogens (tertiary/aromatic N) is 2. The molecule has 1 saturated heterocycles. The summed E-state index contributed by atoms with van der Waals surface area (Å²) in [7, 11) is 1.51. The third-order valence-corrected chi connectivity index (χ3v) is 7.11. The molecule has 1 fully saturated rings. The number of methoxy groups -OCH3 is 1. The molecule has 164 valence electrons. The van der Waals surface area contributed by atoms with Gasteiger partial charge in [0, 0.05) is 60.0 Å². The molecule has 0 spiro atoms. The van der Waals surface area contributed by atoms with Crippen molar-refractivity contribution in [2.45, 2.75) is 63.2 Å². The maximum absolute atomic E-state index is 12.8. The Morgan fingerprint density at radius 3 is 2.97 bits per heavy atom. The first-order chi connectivity index (χ1) is 15.2. The van der Waals surface area contributed by atoms with Crippen LogP contribution in [-0.4, -0.2) is 57.6 Å². The highest BCUT2D eigenvalue weighted by Crippen LogP contribution is 2.44. The molecule has 5 rings (SSSR count). The van der Waals surface area contributed by atoms with Gasteiger partial charge >= 0.3 is 5.97 Å².